The number of carbonyl (C=O) groups is 1. The lowest BCUT2D eigenvalue weighted by Gasteiger charge is -2.44. The summed E-state index contributed by atoms with van der Waals surface area (Å²) < 4.78 is 39.0. The van der Waals surface area contributed by atoms with E-state index in [2.05, 4.69) is 20.3 Å². The fourth-order valence-electron chi connectivity index (χ4n) is 4.61. The van der Waals surface area contributed by atoms with E-state index in [1.807, 2.05) is 19.9 Å². The number of nitrogens with zero attached hydrogens (tertiary/aromatic N) is 4. The Balaban J connectivity index is 1.63. The molecule has 0 spiro atoms. The first-order valence-corrected chi connectivity index (χ1v) is 11.8. The van der Waals surface area contributed by atoms with Gasteiger partial charge in [-0.05, 0) is 54.5 Å². The van der Waals surface area contributed by atoms with Gasteiger partial charge in [0.1, 0.15) is 16.3 Å². The maximum atomic E-state index is 13.0. The number of thiazole rings is 1. The van der Waals surface area contributed by atoms with Gasteiger partial charge >= 0.3 is 12.1 Å². The van der Waals surface area contributed by atoms with Crippen LogP contribution in [0, 0.1) is 22.7 Å². The largest absolute Gasteiger partial charge is 0.481 e. The molecule has 12 heteroatoms. The molecule has 1 aliphatic carbocycles. The molecule has 2 aromatic heterocycles. The quantitative estimate of drug-likeness (QED) is 0.414. The van der Waals surface area contributed by atoms with Crippen LogP contribution in [0.3, 0.4) is 0 Å². The number of alkyl halides is 3. The fourth-order valence-corrected chi connectivity index (χ4v) is 5.63. The number of aromatic nitrogens is 3. The van der Waals surface area contributed by atoms with E-state index >= 15 is 0 Å². The third kappa shape index (κ3) is 5.17. The Kier molecular flexibility index (Phi) is 6.49. The Hall–Kier alpha value is -3.56. The number of halogens is 3. The first kappa shape index (κ1) is 25.5. The average Bonchev–Trinajstić information content (AvgIpc) is 3.29. The standard InChI is InChI=1S/C24H22F3N5O3S/c1-22(2)12-23(35,5-3-16(22)19(33)34)20-30-11-17(36-20)14-7-13(10-28)8-15(9-14)31-21-29-6-4-18(32-21)24(25,26)27/h4,6-9,11,16,35H,3,5,12H2,1-2H3,(H,33,34)(H,29,31,32)/t16-,23-/m0/s1. The van der Waals surface area contributed by atoms with Crippen LogP contribution in [-0.2, 0) is 16.6 Å². The topological polar surface area (TPSA) is 132 Å². The first-order chi connectivity index (χ1) is 16.8. The minimum Gasteiger partial charge on any atom is -0.481 e. The van der Waals surface area contributed by atoms with Crippen LogP contribution in [0.4, 0.5) is 24.8 Å². The van der Waals surface area contributed by atoms with Crippen molar-refractivity contribution >= 4 is 28.9 Å². The Labute approximate surface area is 208 Å². The predicted molar refractivity (Wildman–Crippen MR) is 125 cm³/mol. The van der Waals surface area contributed by atoms with Gasteiger partial charge in [0.05, 0.1) is 22.4 Å². The van der Waals surface area contributed by atoms with E-state index in [-0.39, 0.29) is 24.4 Å². The average molecular weight is 518 g/mol. The van der Waals surface area contributed by atoms with E-state index in [1.54, 1.807) is 18.3 Å². The number of benzene rings is 1. The van der Waals surface area contributed by atoms with Gasteiger partial charge in [-0.25, -0.2) is 15.0 Å². The lowest BCUT2D eigenvalue weighted by Crippen LogP contribution is -2.44. The van der Waals surface area contributed by atoms with Crippen molar-refractivity contribution in [3.05, 3.63) is 52.9 Å². The van der Waals surface area contributed by atoms with Crippen molar-refractivity contribution in [3.8, 4) is 16.5 Å². The van der Waals surface area contributed by atoms with E-state index in [4.69, 9.17) is 0 Å². The minimum absolute atomic E-state index is 0.224. The van der Waals surface area contributed by atoms with E-state index in [9.17, 15) is 33.4 Å². The second-order valence-corrected chi connectivity index (χ2v) is 10.5. The highest BCUT2D eigenvalue weighted by atomic mass is 32.1. The van der Waals surface area contributed by atoms with Gasteiger partial charge in [0, 0.05) is 18.1 Å². The van der Waals surface area contributed by atoms with Gasteiger partial charge in [0.25, 0.3) is 0 Å². The zero-order valence-corrected chi connectivity index (χ0v) is 20.1. The van der Waals surface area contributed by atoms with Gasteiger partial charge in [0.15, 0.2) is 0 Å². The summed E-state index contributed by atoms with van der Waals surface area (Å²) in [5, 5.41) is 33.5. The van der Waals surface area contributed by atoms with E-state index in [0.717, 1.165) is 12.3 Å². The van der Waals surface area contributed by atoms with Gasteiger partial charge in [-0.1, -0.05) is 13.8 Å². The summed E-state index contributed by atoms with van der Waals surface area (Å²) in [6.45, 7) is 3.63. The molecule has 0 bridgehead atoms. The summed E-state index contributed by atoms with van der Waals surface area (Å²) in [6, 6.07) is 7.46. The van der Waals surface area contributed by atoms with Crippen molar-refractivity contribution < 1.29 is 28.2 Å². The lowest BCUT2D eigenvalue weighted by atomic mass is 9.63. The fraction of sp³-hybridized carbons (Fsp3) is 0.375. The molecule has 3 N–H and O–H groups in total. The number of hydrogen-bond acceptors (Lipinski definition) is 8. The van der Waals surface area contributed by atoms with Crippen LogP contribution in [0.5, 0.6) is 0 Å². The van der Waals surface area contributed by atoms with Crippen LogP contribution in [-0.4, -0.2) is 31.1 Å². The van der Waals surface area contributed by atoms with Crippen LogP contribution in [0.15, 0.2) is 36.7 Å². The molecule has 0 aliphatic heterocycles. The third-order valence-electron chi connectivity index (χ3n) is 6.29. The van der Waals surface area contributed by atoms with Gasteiger partial charge in [-0.3, -0.25) is 4.79 Å². The Morgan fingerprint density at radius 2 is 2.03 bits per heavy atom. The molecule has 0 saturated heterocycles. The number of hydrogen-bond donors (Lipinski definition) is 3. The highest BCUT2D eigenvalue weighted by Crippen LogP contribution is 2.51. The molecule has 1 aromatic carbocycles. The van der Waals surface area contributed by atoms with Crippen LogP contribution in [0.25, 0.3) is 10.4 Å². The van der Waals surface area contributed by atoms with Crippen molar-refractivity contribution in [2.75, 3.05) is 5.32 Å². The van der Waals surface area contributed by atoms with Crippen LogP contribution >= 0.6 is 11.3 Å². The second kappa shape index (κ2) is 9.15. The molecule has 4 rings (SSSR count). The predicted octanol–water partition coefficient (Wildman–Crippen LogP) is 5.33. The SMILES string of the molecule is CC1(C)C[C@](O)(c2ncc(-c3cc(C#N)cc(Nc4nccc(C(F)(F)F)n4)c3)s2)CC[C@H]1C(=O)O. The number of carboxylic acids is 1. The van der Waals surface area contributed by atoms with Crippen LogP contribution in [0.2, 0.25) is 0 Å². The zero-order chi connectivity index (χ0) is 26.3. The van der Waals surface area contributed by atoms with Crippen molar-refractivity contribution in [1.29, 1.82) is 5.26 Å². The van der Waals surface area contributed by atoms with Crippen molar-refractivity contribution in [1.82, 2.24) is 15.0 Å². The number of carboxylic acid groups (broad SMARTS) is 1. The molecule has 188 valence electrons. The normalized spacial score (nSPS) is 21.5. The van der Waals surface area contributed by atoms with Gasteiger partial charge < -0.3 is 15.5 Å². The monoisotopic (exact) mass is 517 g/mol. The van der Waals surface area contributed by atoms with Crippen molar-refractivity contribution in [2.24, 2.45) is 11.3 Å². The molecule has 36 heavy (non-hydrogen) atoms. The van der Waals surface area contributed by atoms with E-state index in [1.165, 1.54) is 17.4 Å². The number of aliphatic carboxylic acids is 1. The van der Waals surface area contributed by atoms with Gasteiger partial charge in [-0.15, -0.1) is 11.3 Å². The highest BCUT2D eigenvalue weighted by molar-refractivity contribution is 7.15. The Morgan fingerprint density at radius 3 is 2.67 bits per heavy atom. The van der Waals surface area contributed by atoms with E-state index in [0.29, 0.717) is 27.6 Å². The lowest BCUT2D eigenvalue weighted by molar-refractivity contribution is -0.154. The number of nitriles is 1. The minimum atomic E-state index is -4.63. The molecular formula is C24H22F3N5O3S. The number of aliphatic hydroxyl groups is 1. The van der Waals surface area contributed by atoms with Crippen molar-refractivity contribution in [3.63, 3.8) is 0 Å². The summed E-state index contributed by atoms with van der Waals surface area (Å²) >= 11 is 1.22. The first-order valence-electron chi connectivity index (χ1n) is 10.9. The summed E-state index contributed by atoms with van der Waals surface area (Å²) in [6.07, 6.45) is -1.31. The highest BCUT2D eigenvalue weighted by Gasteiger charge is 2.49. The number of anilines is 2. The molecule has 0 radical (unpaired) electrons. The summed E-state index contributed by atoms with van der Waals surface area (Å²) in [5.41, 5.74) is -1.92. The number of rotatable bonds is 5. The molecule has 3 aromatic rings. The second-order valence-electron chi connectivity index (χ2n) is 9.46. The molecule has 1 saturated carbocycles. The van der Waals surface area contributed by atoms with Crippen LogP contribution < -0.4 is 5.32 Å². The van der Waals surface area contributed by atoms with Gasteiger partial charge in [0.2, 0.25) is 5.95 Å². The Bertz CT molecular complexity index is 1350. The molecule has 0 amide bonds. The summed E-state index contributed by atoms with van der Waals surface area (Å²) in [4.78, 5) is 23.9. The van der Waals surface area contributed by atoms with Gasteiger partial charge in [-0.2, -0.15) is 18.4 Å². The summed E-state index contributed by atoms with van der Waals surface area (Å²) in [7, 11) is 0. The summed E-state index contributed by atoms with van der Waals surface area (Å²) in [5.74, 6) is -1.74. The maximum Gasteiger partial charge on any atom is 0.433 e. The Morgan fingerprint density at radius 1 is 1.28 bits per heavy atom. The smallest absolute Gasteiger partial charge is 0.433 e. The molecular weight excluding hydrogens is 495 g/mol. The third-order valence-corrected chi connectivity index (χ3v) is 7.53. The maximum absolute atomic E-state index is 13.0. The molecule has 1 aliphatic rings. The molecule has 1 fully saturated rings. The molecule has 0 unspecified atom stereocenters. The molecule has 2 atom stereocenters. The van der Waals surface area contributed by atoms with Crippen molar-refractivity contribution in [2.45, 2.75) is 44.9 Å². The molecule has 2 heterocycles. The van der Waals surface area contributed by atoms with Crippen LogP contribution in [0.1, 0.15) is 49.4 Å². The molecule has 8 nitrogen and oxygen atoms in total. The zero-order valence-electron chi connectivity index (χ0n) is 19.3. The number of nitrogens with one attached hydrogen (secondary N) is 1. The van der Waals surface area contributed by atoms with E-state index < -0.39 is 34.8 Å².